The third kappa shape index (κ3) is 6.96. The van der Waals surface area contributed by atoms with Crippen molar-refractivity contribution in [2.45, 2.75) is 32.1 Å². The standard InChI is InChI=1S/C25H26FN3O2/c26-20-12-14-21(15-13-20)28-24(30)9-5-2-6-10-25(31)29-23-16-11-19(17-22(23)27)18-7-3-1-4-8-18/h1,3-4,7-8,11-17H,2,5-6,9-10,27H2,(H,28,30)(H,29,31). The van der Waals surface area contributed by atoms with Gasteiger partial charge in [-0.15, -0.1) is 0 Å². The number of unbranched alkanes of at least 4 members (excludes halogenated alkanes) is 2. The zero-order valence-electron chi connectivity index (χ0n) is 17.2. The van der Waals surface area contributed by atoms with Gasteiger partial charge in [0.05, 0.1) is 11.4 Å². The third-order valence-electron chi connectivity index (χ3n) is 4.87. The number of nitrogens with two attached hydrogens (primary N) is 1. The summed E-state index contributed by atoms with van der Waals surface area (Å²) in [5.41, 5.74) is 9.86. The van der Waals surface area contributed by atoms with E-state index in [0.29, 0.717) is 42.7 Å². The van der Waals surface area contributed by atoms with Gasteiger partial charge < -0.3 is 16.4 Å². The summed E-state index contributed by atoms with van der Waals surface area (Å²) in [7, 11) is 0. The predicted molar refractivity (Wildman–Crippen MR) is 123 cm³/mol. The van der Waals surface area contributed by atoms with Gasteiger partial charge in [-0.1, -0.05) is 42.8 Å². The van der Waals surface area contributed by atoms with E-state index in [2.05, 4.69) is 10.6 Å². The van der Waals surface area contributed by atoms with Crippen LogP contribution in [0.2, 0.25) is 0 Å². The van der Waals surface area contributed by atoms with Crippen LogP contribution >= 0.6 is 0 Å². The van der Waals surface area contributed by atoms with Crippen molar-refractivity contribution in [2.24, 2.45) is 0 Å². The Labute approximate surface area is 181 Å². The molecular formula is C25H26FN3O2. The number of nitrogens with one attached hydrogen (secondary N) is 2. The van der Waals surface area contributed by atoms with Crippen molar-refractivity contribution in [3.63, 3.8) is 0 Å². The fourth-order valence-electron chi connectivity index (χ4n) is 3.20. The monoisotopic (exact) mass is 419 g/mol. The van der Waals surface area contributed by atoms with Crippen LogP contribution in [-0.2, 0) is 9.59 Å². The number of hydrogen-bond donors (Lipinski definition) is 3. The molecule has 2 amide bonds. The molecule has 3 aromatic rings. The minimum atomic E-state index is -0.342. The summed E-state index contributed by atoms with van der Waals surface area (Å²) in [5.74, 6) is -0.567. The molecule has 5 nitrogen and oxygen atoms in total. The molecule has 160 valence electrons. The Kier molecular flexibility index (Phi) is 7.76. The Hall–Kier alpha value is -3.67. The normalized spacial score (nSPS) is 10.5. The maximum atomic E-state index is 12.9. The zero-order chi connectivity index (χ0) is 22.1. The Morgan fingerprint density at radius 1 is 0.742 bits per heavy atom. The molecule has 0 spiro atoms. The summed E-state index contributed by atoms with van der Waals surface area (Å²) >= 11 is 0. The molecule has 4 N–H and O–H groups in total. The number of nitrogen functional groups attached to an aromatic ring is 1. The minimum absolute atomic E-state index is 0.102. The van der Waals surface area contributed by atoms with E-state index in [1.54, 1.807) is 0 Å². The number of carbonyl (C=O) groups excluding carboxylic acids is 2. The summed E-state index contributed by atoms with van der Waals surface area (Å²) in [6, 6.07) is 21.2. The Morgan fingerprint density at radius 2 is 1.39 bits per heavy atom. The fraction of sp³-hybridized carbons (Fsp3) is 0.200. The zero-order valence-corrected chi connectivity index (χ0v) is 17.2. The van der Waals surface area contributed by atoms with E-state index in [-0.39, 0.29) is 17.6 Å². The smallest absolute Gasteiger partial charge is 0.224 e. The molecule has 3 rings (SSSR count). The average Bonchev–Trinajstić information content (AvgIpc) is 2.77. The van der Waals surface area contributed by atoms with Gasteiger partial charge in [-0.05, 0) is 60.4 Å². The summed E-state index contributed by atoms with van der Waals surface area (Å²) < 4.78 is 12.9. The molecule has 6 heteroatoms. The lowest BCUT2D eigenvalue weighted by Crippen LogP contribution is -2.13. The summed E-state index contributed by atoms with van der Waals surface area (Å²) in [6.07, 6.45) is 2.82. The molecule has 0 atom stereocenters. The molecule has 0 saturated heterocycles. The maximum Gasteiger partial charge on any atom is 0.224 e. The number of hydrogen-bond acceptors (Lipinski definition) is 3. The van der Waals surface area contributed by atoms with Crippen LogP contribution < -0.4 is 16.4 Å². The summed E-state index contributed by atoms with van der Waals surface area (Å²) in [6.45, 7) is 0. The van der Waals surface area contributed by atoms with Crippen LogP contribution in [0.25, 0.3) is 11.1 Å². The first kappa shape index (κ1) is 22.0. The van der Waals surface area contributed by atoms with Crippen molar-refractivity contribution in [2.75, 3.05) is 16.4 Å². The summed E-state index contributed by atoms with van der Waals surface area (Å²) in [4.78, 5) is 24.1. The molecule has 0 aliphatic rings. The van der Waals surface area contributed by atoms with E-state index >= 15 is 0 Å². The minimum Gasteiger partial charge on any atom is -0.397 e. The highest BCUT2D eigenvalue weighted by Gasteiger charge is 2.08. The molecule has 31 heavy (non-hydrogen) atoms. The fourth-order valence-corrected chi connectivity index (χ4v) is 3.20. The molecule has 0 saturated carbocycles. The van der Waals surface area contributed by atoms with Crippen molar-refractivity contribution in [3.8, 4) is 11.1 Å². The second-order valence-corrected chi connectivity index (χ2v) is 7.33. The van der Waals surface area contributed by atoms with Gasteiger partial charge in [-0.25, -0.2) is 4.39 Å². The highest BCUT2D eigenvalue weighted by atomic mass is 19.1. The Balaban J connectivity index is 1.36. The van der Waals surface area contributed by atoms with E-state index in [9.17, 15) is 14.0 Å². The molecule has 0 aliphatic heterocycles. The molecular weight excluding hydrogens is 393 g/mol. The van der Waals surface area contributed by atoms with E-state index in [1.807, 2.05) is 48.5 Å². The van der Waals surface area contributed by atoms with Crippen LogP contribution in [0.15, 0.2) is 72.8 Å². The second kappa shape index (κ2) is 10.9. The van der Waals surface area contributed by atoms with Crippen molar-refractivity contribution in [3.05, 3.63) is 78.6 Å². The van der Waals surface area contributed by atoms with E-state index in [4.69, 9.17) is 5.73 Å². The van der Waals surface area contributed by atoms with Crippen LogP contribution in [0.4, 0.5) is 21.5 Å². The molecule has 0 aliphatic carbocycles. The maximum absolute atomic E-state index is 12.9. The van der Waals surface area contributed by atoms with E-state index in [1.165, 1.54) is 24.3 Å². The molecule has 0 aromatic heterocycles. The van der Waals surface area contributed by atoms with Crippen LogP contribution in [-0.4, -0.2) is 11.8 Å². The van der Waals surface area contributed by atoms with Gasteiger partial charge in [-0.2, -0.15) is 0 Å². The SMILES string of the molecule is Nc1cc(-c2ccccc2)ccc1NC(=O)CCCCCC(=O)Nc1ccc(F)cc1. The van der Waals surface area contributed by atoms with Crippen molar-refractivity contribution >= 4 is 28.9 Å². The first-order chi connectivity index (χ1) is 15.0. The molecule has 0 unspecified atom stereocenters. The van der Waals surface area contributed by atoms with Crippen LogP contribution in [0.5, 0.6) is 0 Å². The number of rotatable bonds is 9. The molecule has 0 bridgehead atoms. The van der Waals surface area contributed by atoms with Gasteiger partial charge in [0.15, 0.2) is 0 Å². The second-order valence-electron chi connectivity index (χ2n) is 7.33. The van der Waals surface area contributed by atoms with E-state index < -0.39 is 0 Å². The summed E-state index contributed by atoms with van der Waals surface area (Å²) in [5, 5.41) is 5.58. The van der Waals surface area contributed by atoms with Crippen LogP contribution in [0, 0.1) is 5.82 Å². The van der Waals surface area contributed by atoms with Gasteiger partial charge in [-0.3, -0.25) is 9.59 Å². The van der Waals surface area contributed by atoms with Crippen LogP contribution in [0.1, 0.15) is 32.1 Å². The average molecular weight is 420 g/mol. The lowest BCUT2D eigenvalue weighted by molar-refractivity contribution is -0.116. The largest absolute Gasteiger partial charge is 0.397 e. The van der Waals surface area contributed by atoms with Gasteiger partial charge in [0.1, 0.15) is 5.82 Å². The Bertz CT molecular complexity index is 1020. The number of amides is 2. The lowest BCUT2D eigenvalue weighted by atomic mass is 10.0. The quantitative estimate of drug-likeness (QED) is 0.312. The van der Waals surface area contributed by atoms with Crippen molar-refractivity contribution in [1.29, 1.82) is 0 Å². The van der Waals surface area contributed by atoms with Gasteiger partial charge >= 0.3 is 0 Å². The predicted octanol–water partition coefficient (Wildman–Crippen LogP) is 5.60. The number of carbonyl (C=O) groups is 2. The van der Waals surface area contributed by atoms with E-state index in [0.717, 1.165) is 17.5 Å². The van der Waals surface area contributed by atoms with Crippen molar-refractivity contribution < 1.29 is 14.0 Å². The topological polar surface area (TPSA) is 84.2 Å². The molecule has 3 aromatic carbocycles. The number of anilines is 3. The molecule has 0 heterocycles. The first-order valence-corrected chi connectivity index (χ1v) is 10.3. The number of halogens is 1. The third-order valence-corrected chi connectivity index (χ3v) is 4.87. The molecule has 0 fully saturated rings. The first-order valence-electron chi connectivity index (χ1n) is 10.3. The highest BCUT2D eigenvalue weighted by Crippen LogP contribution is 2.27. The van der Waals surface area contributed by atoms with Crippen molar-refractivity contribution in [1.82, 2.24) is 0 Å². The van der Waals surface area contributed by atoms with Gasteiger partial charge in [0.25, 0.3) is 0 Å². The highest BCUT2D eigenvalue weighted by molar-refractivity contribution is 5.94. The Morgan fingerprint density at radius 3 is 2.03 bits per heavy atom. The lowest BCUT2D eigenvalue weighted by Gasteiger charge is -2.10. The van der Waals surface area contributed by atoms with Crippen LogP contribution in [0.3, 0.4) is 0 Å². The molecule has 0 radical (unpaired) electrons. The van der Waals surface area contributed by atoms with Gasteiger partial charge in [0.2, 0.25) is 11.8 Å². The number of benzene rings is 3. The van der Waals surface area contributed by atoms with Gasteiger partial charge in [0, 0.05) is 18.5 Å².